The summed E-state index contributed by atoms with van der Waals surface area (Å²) in [6.45, 7) is 1.23. The topological polar surface area (TPSA) is 73.4 Å². The number of hydrogen-bond acceptors (Lipinski definition) is 3. The number of aliphatic hydroxyl groups excluding tert-OH is 1. The molecular weight excluding hydrogens is 285 g/mol. The predicted molar refractivity (Wildman–Crippen MR) is 74.1 cm³/mol. The molecule has 5 nitrogen and oxygen atoms in total. The van der Waals surface area contributed by atoms with Gasteiger partial charge in [-0.2, -0.15) is 0 Å². The number of carbonyl (C=O) groups is 1. The molecule has 1 aromatic carbocycles. The van der Waals surface area contributed by atoms with Crippen LogP contribution in [-0.2, 0) is 6.54 Å². The third-order valence-corrected chi connectivity index (χ3v) is 3.60. The van der Waals surface area contributed by atoms with Crippen LogP contribution in [0.4, 0.5) is 9.18 Å². The summed E-state index contributed by atoms with van der Waals surface area (Å²) in [5.41, 5.74) is 0.242. The molecule has 0 radical (unpaired) electrons. The fourth-order valence-electron chi connectivity index (χ4n) is 2.08. The maximum Gasteiger partial charge on any atom is 0.315 e. The number of nitrogens with one attached hydrogen (secondary N) is 3. The van der Waals surface area contributed by atoms with Crippen LogP contribution < -0.4 is 16.0 Å². The van der Waals surface area contributed by atoms with E-state index in [0.29, 0.717) is 13.0 Å². The summed E-state index contributed by atoms with van der Waals surface area (Å²) in [6, 6.07) is 3.55. The molecule has 0 unspecified atom stereocenters. The van der Waals surface area contributed by atoms with E-state index in [9.17, 15) is 14.3 Å². The van der Waals surface area contributed by atoms with Crippen LogP contribution in [0, 0.1) is 5.82 Å². The average molecular weight is 302 g/mol. The van der Waals surface area contributed by atoms with Crippen LogP contribution in [0.15, 0.2) is 18.2 Å². The number of rotatable bonds is 3. The van der Waals surface area contributed by atoms with Crippen LogP contribution >= 0.6 is 11.6 Å². The van der Waals surface area contributed by atoms with Crippen LogP contribution in [0.2, 0.25) is 5.02 Å². The lowest BCUT2D eigenvalue weighted by Crippen LogP contribution is -2.55. The van der Waals surface area contributed by atoms with Gasteiger partial charge in [0.25, 0.3) is 0 Å². The van der Waals surface area contributed by atoms with Gasteiger partial charge >= 0.3 is 6.03 Å². The summed E-state index contributed by atoms with van der Waals surface area (Å²) in [5, 5.41) is 18.3. The van der Waals surface area contributed by atoms with Crippen molar-refractivity contribution in [1.29, 1.82) is 0 Å². The monoisotopic (exact) mass is 301 g/mol. The van der Waals surface area contributed by atoms with Crippen molar-refractivity contribution in [2.24, 2.45) is 0 Å². The minimum absolute atomic E-state index is 0.00637. The number of benzene rings is 1. The molecule has 20 heavy (non-hydrogen) atoms. The zero-order valence-electron chi connectivity index (χ0n) is 10.8. The second-order valence-corrected chi connectivity index (χ2v) is 5.10. The molecule has 4 N–H and O–H groups in total. The van der Waals surface area contributed by atoms with Gasteiger partial charge in [-0.15, -0.1) is 0 Å². The number of piperidine rings is 1. The first-order chi connectivity index (χ1) is 9.58. The molecule has 110 valence electrons. The quantitative estimate of drug-likeness (QED) is 0.673. The Labute approximate surface area is 121 Å². The molecule has 1 aliphatic rings. The molecule has 1 fully saturated rings. The van der Waals surface area contributed by atoms with Crippen molar-refractivity contribution in [1.82, 2.24) is 16.0 Å². The van der Waals surface area contributed by atoms with E-state index in [-0.39, 0.29) is 23.2 Å². The molecule has 2 atom stereocenters. The van der Waals surface area contributed by atoms with Crippen molar-refractivity contribution >= 4 is 17.6 Å². The van der Waals surface area contributed by atoms with Crippen LogP contribution in [-0.4, -0.2) is 36.4 Å². The summed E-state index contributed by atoms with van der Waals surface area (Å²) >= 11 is 5.87. The molecule has 1 aliphatic heterocycles. The molecule has 0 bridgehead atoms. The smallest absolute Gasteiger partial charge is 0.315 e. The Hall–Kier alpha value is -1.37. The van der Waals surface area contributed by atoms with Gasteiger partial charge in [-0.3, -0.25) is 0 Å². The number of carbonyl (C=O) groups excluding carboxylic acids is 1. The number of amides is 2. The Morgan fingerprint density at radius 3 is 3.05 bits per heavy atom. The largest absolute Gasteiger partial charge is 0.391 e. The molecule has 1 saturated heterocycles. The molecule has 2 amide bonds. The number of hydrogen-bond donors (Lipinski definition) is 4. The lowest BCUT2D eigenvalue weighted by Gasteiger charge is -2.29. The molecular formula is C13H17ClFN3O2. The van der Waals surface area contributed by atoms with Crippen molar-refractivity contribution in [3.8, 4) is 0 Å². The summed E-state index contributed by atoms with van der Waals surface area (Å²) in [4.78, 5) is 11.7. The van der Waals surface area contributed by atoms with Crippen LogP contribution in [0.3, 0.4) is 0 Å². The van der Waals surface area contributed by atoms with E-state index in [0.717, 1.165) is 6.54 Å². The van der Waals surface area contributed by atoms with E-state index < -0.39 is 18.0 Å². The van der Waals surface area contributed by atoms with Crippen molar-refractivity contribution in [3.63, 3.8) is 0 Å². The molecule has 0 aliphatic carbocycles. The Kier molecular flexibility index (Phi) is 5.17. The first-order valence-corrected chi connectivity index (χ1v) is 6.81. The van der Waals surface area contributed by atoms with Gasteiger partial charge in [-0.1, -0.05) is 17.7 Å². The maximum absolute atomic E-state index is 13.5. The Bertz CT molecular complexity index is 466. The highest BCUT2D eigenvalue weighted by Gasteiger charge is 2.24. The number of urea groups is 1. The molecule has 1 aromatic rings. The highest BCUT2D eigenvalue weighted by molar-refractivity contribution is 6.31. The van der Waals surface area contributed by atoms with E-state index >= 15 is 0 Å². The summed E-state index contributed by atoms with van der Waals surface area (Å²) < 4.78 is 13.5. The number of aliphatic hydroxyl groups is 1. The maximum atomic E-state index is 13.5. The zero-order valence-corrected chi connectivity index (χ0v) is 11.6. The third-order valence-electron chi connectivity index (χ3n) is 3.25. The molecule has 2 rings (SSSR count). The summed E-state index contributed by atoms with van der Waals surface area (Å²) in [6.07, 6.45) is 0.0171. The lowest BCUT2D eigenvalue weighted by molar-refractivity contribution is 0.102. The van der Waals surface area contributed by atoms with E-state index in [1.54, 1.807) is 6.07 Å². The van der Waals surface area contributed by atoms with Gasteiger partial charge in [0.15, 0.2) is 0 Å². The Morgan fingerprint density at radius 1 is 1.55 bits per heavy atom. The highest BCUT2D eigenvalue weighted by Crippen LogP contribution is 2.18. The molecule has 0 spiro atoms. The Morgan fingerprint density at radius 2 is 2.35 bits per heavy atom. The lowest BCUT2D eigenvalue weighted by atomic mass is 10.0. The molecule has 1 heterocycles. The molecule has 7 heteroatoms. The molecule has 0 saturated carbocycles. The zero-order chi connectivity index (χ0) is 14.5. The van der Waals surface area contributed by atoms with E-state index in [4.69, 9.17) is 11.6 Å². The minimum Gasteiger partial charge on any atom is -0.391 e. The normalized spacial score (nSPS) is 22.4. The van der Waals surface area contributed by atoms with Crippen LogP contribution in [0.1, 0.15) is 12.0 Å². The van der Waals surface area contributed by atoms with E-state index in [2.05, 4.69) is 16.0 Å². The minimum atomic E-state index is -0.570. The van der Waals surface area contributed by atoms with Crippen LogP contribution in [0.5, 0.6) is 0 Å². The van der Waals surface area contributed by atoms with Crippen molar-refractivity contribution in [2.45, 2.75) is 25.1 Å². The van der Waals surface area contributed by atoms with Gasteiger partial charge in [0.2, 0.25) is 0 Å². The highest BCUT2D eigenvalue weighted by atomic mass is 35.5. The fourth-order valence-corrected chi connectivity index (χ4v) is 2.31. The van der Waals surface area contributed by atoms with Gasteiger partial charge in [0.1, 0.15) is 5.82 Å². The van der Waals surface area contributed by atoms with Gasteiger partial charge in [0.05, 0.1) is 12.1 Å². The van der Waals surface area contributed by atoms with Gasteiger partial charge < -0.3 is 21.1 Å². The van der Waals surface area contributed by atoms with Gasteiger partial charge in [-0.25, -0.2) is 9.18 Å². The Balaban J connectivity index is 1.86. The van der Waals surface area contributed by atoms with Gasteiger partial charge in [0, 0.05) is 23.7 Å². The standard InChI is InChI=1S/C13H17ClFN3O2/c14-9-2-1-3-10(15)8(9)6-17-13(20)18-11-7-16-5-4-12(11)19/h1-3,11-12,16,19H,4-7H2,(H2,17,18,20)/t11-,12+/m0/s1. The first-order valence-electron chi connectivity index (χ1n) is 6.44. The van der Waals surface area contributed by atoms with Crippen LogP contribution in [0.25, 0.3) is 0 Å². The van der Waals surface area contributed by atoms with Crippen molar-refractivity contribution < 1.29 is 14.3 Å². The average Bonchev–Trinajstić information content (AvgIpc) is 2.41. The van der Waals surface area contributed by atoms with Crippen molar-refractivity contribution in [3.05, 3.63) is 34.6 Å². The summed E-state index contributed by atoms with van der Waals surface area (Å²) in [5.74, 6) is -0.461. The van der Waals surface area contributed by atoms with E-state index in [1.165, 1.54) is 12.1 Å². The predicted octanol–water partition coefficient (Wildman–Crippen LogP) is 1.00. The first kappa shape index (κ1) is 15.0. The number of halogens is 2. The van der Waals surface area contributed by atoms with Gasteiger partial charge in [-0.05, 0) is 25.1 Å². The summed E-state index contributed by atoms with van der Waals surface area (Å²) in [7, 11) is 0. The second-order valence-electron chi connectivity index (χ2n) is 4.69. The van der Waals surface area contributed by atoms with E-state index in [1.807, 2.05) is 0 Å². The second kappa shape index (κ2) is 6.88. The SMILES string of the molecule is O=C(NCc1c(F)cccc1Cl)N[C@H]1CNCC[C@H]1O. The third kappa shape index (κ3) is 3.82. The van der Waals surface area contributed by atoms with Crippen molar-refractivity contribution in [2.75, 3.05) is 13.1 Å². The molecule has 0 aromatic heterocycles. The fraction of sp³-hybridized carbons (Fsp3) is 0.462.